The van der Waals surface area contributed by atoms with Crippen molar-refractivity contribution in [3.8, 4) is 11.1 Å². The van der Waals surface area contributed by atoms with E-state index in [4.69, 9.17) is 10.1 Å². The van der Waals surface area contributed by atoms with Crippen molar-refractivity contribution in [2.24, 2.45) is 0 Å². The van der Waals surface area contributed by atoms with Gasteiger partial charge < -0.3 is 5.11 Å². The second kappa shape index (κ2) is 10.7. The molecule has 0 unspecified atom stereocenters. The van der Waals surface area contributed by atoms with Crippen molar-refractivity contribution in [1.82, 2.24) is 19.7 Å². The van der Waals surface area contributed by atoms with E-state index in [9.17, 15) is 9.90 Å². The highest BCUT2D eigenvalue weighted by atomic mass is 16.4. The van der Waals surface area contributed by atoms with Crippen molar-refractivity contribution < 1.29 is 9.90 Å². The van der Waals surface area contributed by atoms with Gasteiger partial charge in [-0.3, -0.25) is 4.98 Å². The minimum absolute atomic E-state index is 0.200. The summed E-state index contributed by atoms with van der Waals surface area (Å²) < 4.78 is 2.01. The SMILES string of the molecule is CCCCc1nc(CCc2ccccc2)nn1Cc1ccc(-c2ccncc2C(=O)O)cc1. The summed E-state index contributed by atoms with van der Waals surface area (Å²) in [6.07, 6.45) is 7.83. The molecule has 0 radical (unpaired) electrons. The molecule has 4 aromatic rings. The molecule has 168 valence electrons. The predicted octanol–water partition coefficient (Wildman–Crippen LogP) is 5.21. The van der Waals surface area contributed by atoms with E-state index in [1.54, 1.807) is 12.3 Å². The fourth-order valence-corrected chi connectivity index (χ4v) is 3.86. The van der Waals surface area contributed by atoms with Gasteiger partial charge in [0.25, 0.3) is 0 Å². The van der Waals surface area contributed by atoms with Gasteiger partial charge in [0.05, 0.1) is 12.1 Å². The number of pyridine rings is 1. The quantitative estimate of drug-likeness (QED) is 0.366. The van der Waals surface area contributed by atoms with E-state index in [2.05, 4.69) is 36.2 Å². The first-order valence-electron chi connectivity index (χ1n) is 11.4. The van der Waals surface area contributed by atoms with Gasteiger partial charge in [-0.25, -0.2) is 14.5 Å². The lowest BCUT2D eigenvalue weighted by Crippen LogP contribution is -2.07. The molecule has 0 fully saturated rings. The molecule has 2 aromatic heterocycles. The molecule has 2 heterocycles. The Balaban J connectivity index is 1.51. The predicted molar refractivity (Wildman–Crippen MR) is 128 cm³/mol. The molecule has 0 saturated heterocycles. The van der Waals surface area contributed by atoms with Crippen LogP contribution in [0.15, 0.2) is 73.1 Å². The highest BCUT2D eigenvalue weighted by Gasteiger charge is 2.13. The number of hydrogen-bond donors (Lipinski definition) is 1. The summed E-state index contributed by atoms with van der Waals surface area (Å²) in [4.78, 5) is 20.3. The van der Waals surface area contributed by atoms with Gasteiger partial charge in [-0.2, -0.15) is 5.10 Å². The molecule has 0 spiro atoms. The number of carbonyl (C=O) groups is 1. The van der Waals surface area contributed by atoms with Crippen LogP contribution in [0.3, 0.4) is 0 Å². The fourth-order valence-electron chi connectivity index (χ4n) is 3.86. The van der Waals surface area contributed by atoms with E-state index in [1.165, 1.54) is 11.8 Å². The van der Waals surface area contributed by atoms with Crippen LogP contribution in [0.5, 0.6) is 0 Å². The maximum Gasteiger partial charge on any atom is 0.337 e. The van der Waals surface area contributed by atoms with Crippen molar-refractivity contribution in [2.45, 2.75) is 45.6 Å². The van der Waals surface area contributed by atoms with Gasteiger partial charge in [-0.1, -0.05) is 67.9 Å². The minimum atomic E-state index is -0.978. The van der Waals surface area contributed by atoms with E-state index in [-0.39, 0.29) is 5.56 Å². The van der Waals surface area contributed by atoms with Crippen LogP contribution in [0.2, 0.25) is 0 Å². The molecule has 1 N–H and O–H groups in total. The molecular formula is C27H28N4O2. The number of rotatable bonds is 10. The summed E-state index contributed by atoms with van der Waals surface area (Å²) in [5.41, 5.74) is 4.10. The Kier molecular flexibility index (Phi) is 7.25. The van der Waals surface area contributed by atoms with Crippen molar-refractivity contribution in [3.63, 3.8) is 0 Å². The van der Waals surface area contributed by atoms with E-state index in [0.29, 0.717) is 12.1 Å². The van der Waals surface area contributed by atoms with Crippen molar-refractivity contribution in [3.05, 3.63) is 101 Å². The van der Waals surface area contributed by atoms with Crippen LogP contribution in [-0.2, 0) is 25.8 Å². The third kappa shape index (κ3) is 5.71. The second-order valence-electron chi connectivity index (χ2n) is 8.11. The molecular weight excluding hydrogens is 412 g/mol. The lowest BCUT2D eigenvalue weighted by Gasteiger charge is -2.09. The summed E-state index contributed by atoms with van der Waals surface area (Å²) in [6, 6.07) is 20.1. The van der Waals surface area contributed by atoms with Gasteiger partial charge in [0.15, 0.2) is 5.82 Å². The largest absolute Gasteiger partial charge is 0.478 e. The molecule has 0 aliphatic heterocycles. The molecule has 4 rings (SSSR count). The van der Waals surface area contributed by atoms with Gasteiger partial charge in [0, 0.05) is 25.2 Å². The van der Waals surface area contributed by atoms with Crippen LogP contribution in [0.1, 0.15) is 52.9 Å². The maximum absolute atomic E-state index is 11.5. The average Bonchev–Trinajstić information content (AvgIpc) is 3.24. The number of carboxylic acids is 1. The third-order valence-electron chi connectivity index (χ3n) is 5.68. The van der Waals surface area contributed by atoms with Crippen LogP contribution in [0.4, 0.5) is 0 Å². The lowest BCUT2D eigenvalue weighted by molar-refractivity contribution is 0.0697. The van der Waals surface area contributed by atoms with E-state index >= 15 is 0 Å². The van der Waals surface area contributed by atoms with Gasteiger partial charge in [-0.05, 0) is 41.2 Å². The van der Waals surface area contributed by atoms with Gasteiger partial charge >= 0.3 is 5.97 Å². The molecule has 2 aromatic carbocycles. The van der Waals surface area contributed by atoms with Gasteiger partial charge in [0.2, 0.25) is 0 Å². The Bertz CT molecular complexity index is 1200. The average molecular weight is 441 g/mol. The number of aromatic nitrogens is 4. The zero-order valence-corrected chi connectivity index (χ0v) is 18.8. The number of unbranched alkanes of at least 4 members (excludes halogenated alkanes) is 1. The highest BCUT2D eigenvalue weighted by molar-refractivity contribution is 5.95. The molecule has 0 amide bonds. The molecule has 0 atom stereocenters. The van der Waals surface area contributed by atoms with Crippen molar-refractivity contribution in [2.75, 3.05) is 0 Å². The number of hydrogen-bond acceptors (Lipinski definition) is 4. The second-order valence-corrected chi connectivity index (χ2v) is 8.11. The summed E-state index contributed by atoms with van der Waals surface area (Å²) in [6.45, 7) is 2.82. The standard InChI is InChI=1S/C27H28N4O2/c1-2-3-9-26-29-25(15-12-20-7-5-4-6-8-20)30-31(26)19-21-10-13-22(14-11-21)23-16-17-28-18-24(23)27(32)33/h4-8,10-11,13-14,16-18H,2-3,9,12,15,19H2,1H3,(H,32,33). The van der Waals surface area contributed by atoms with E-state index in [0.717, 1.165) is 54.9 Å². The van der Waals surface area contributed by atoms with Crippen LogP contribution in [0, 0.1) is 0 Å². The Morgan fingerprint density at radius 2 is 1.73 bits per heavy atom. The number of benzene rings is 2. The molecule has 6 nitrogen and oxygen atoms in total. The zero-order chi connectivity index (χ0) is 23.0. The minimum Gasteiger partial charge on any atom is -0.478 e. The first-order valence-corrected chi connectivity index (χ1v) is 11.4. The van der Waals surface area contributed by atoms with Gasteiger partial charge in [-0.15, -0.1) is 0 Å². The highest BCUT2D eigenvalue weighted by Crippen LogP contribution is 2.24. The smallest absolute Gasteiger partial charge is 0.337 e. The number of aryl methyl sites for hydroxylation is 3. The molecule has 0 aliphatic rings. The molecule has 6 heteroatoms. The zero-order valence-electron chi connectivity index (χ0n) is 18.8. The number of aromatic carboxylic acids is 1. The van der Waals surface area contributed by atoms with Crippen LogP contribution in [0.25, 0.3) is 11.1 Å². The van der Waals surface area contributed by atoms with Crippen LogP contribution >= 0.6 is 0 Å². The van der Waals surface area contributed by atoms with Crippen molar-refractivity contribution in [1.29, 1.82) is 0 Å². The molecule has 33 heavy (non-hydrogen) atoms. The number of carboxylic acid groups (broad SMARTS) is 1. The molecule has 0 aliphatic carbocycles. The van der Waals surface area contributed by atoms with Crippen LogP contribution in [-0.4, -0.2) is 30.8 Å². The fraction of sp³-hybridized carbons (Fsp3) is 0.259. The topological polar surface area (TPSA) is 80.9 Å². The Morgan fingerprint density at radius 3 is 2.45 bits per heavy atom. The Morgan fingerprint density at radius 1 is 0.939 bits per heavy atom. The lowest BCUT2D eigenvalue weighted by atomic mass is 10.0. The summed E-state index contributed by atoms with van der Waals surface area (Å²) in [5, 5.41) is 14.2. The maximum atomic E-state index is 11.5. The summed E-state index contributed by atoms with van der Waals surface area (Å²) >= 11 is 0. The van der Waals surface area contributed by atoms with E-state index in [1.807, 2.05) is 35.0 Å². The normalized spacial score (nSPS) is 10.9. The summed E-state index contributed by atoms with van der Waals surface area (Å²) in [5.74, 6) is 0.920. The monoisotopic (exact) mass is 440 g/mol. The molecule has 0 saturated carbocycles. The Hall–Kier alpha value is -3.80. The Labute approximate surface area is 194 Å². The van der Waals surface area contributed by atoms with Gasteiger partial charge in [0.1, 0.15) is 5.82 Å². The molecule has 0 bridgehead atoms. The first kappa shape index (κ1) is 22.4. The third-order valence-corrected chi connectivity index (χ3v) is 5.68. The van der Waals surface area contributed by atoms with Crippen LogP contribution < -0.4 is 0 Å². The van der Waals surface area contributed by atoms with Crippen molar-refractivity contribution >= 4 is 5.97 Å². The first-order chi connectivity index (χ1) is 16.1. The van der Waals surface area contributed by atoms with E-state index < -0.39 is 5.97 Å². The summed E-state index contributed by atoms with van der Waals surface area (Å²) in [7, 11) is 0. The number of nitrogens with zero attached hydrogens (tertiary/aromatic N) is 4.